The van der Waals surface area contributed by atoms with Crippen LogP contribution in [0.15, 0.2) is 0 Å². The fraction of sp³-hybridized carbons (Fsp3) is 0.941. The molecule has 1 amide bonds. The van der Waals surface area contributed by atoms with E-state index in [1.807, 2.05) is 0 Å². The SMILES string of the molecule is CCNCC1CCN(CC(=O)N2CCCCC2CC)CC1. The summed E-state index contributed by atoms with van der Waals surface area (Å²) in [5, 5.41) is 3.44. The Morgan fingerprint density at radius 3 is 2.52 bits per heavy atom. The van der Waals surface area contributed by atoms with Gasteiger partial charge in [0.05, 0.1) is 6.54 Å². The van der Waals surface area contributed by atoms with E-state index in [0.29, 0.717) is 18.5 Å². The number of hydrogen-bond acceptors (Lipinski definition) is 3. The number of nitrogens with one attached hydrogen (secondary N) is 1. The van der Waals surface area contributed by atoms with Gasteiger partial charge >= 0.3 is 0 Å². The third-order valence-electron chi connectivity index (χ3n) is 5.17. The molecule has 2 aliphatic rings. The highest BCUT2D eigenvalue weighted by Gasteiger charge is 2.27. The molecule has 2 aliphatic heterocycles. The Hall–Kier alpha value is -0.610. The lowest BCUT2D eigenvalue weighted by molar-refractivity contribution is -0.136. The predicted molar refractivity (Wildman–Crippen MR) is 87.4 cm³/mol. The summed E-state index contributed by atoms with van der Waals surface area (Å²) in [6.07, 6.45) is 7.25. The summed E-state index contributed by atoms with van der Waals surface area (Å²) in [5.74, 6) is 1.17. The van der Waals surface area contributed by atoms with Crippen molar-refractivity contribution in [3.8, 4) is 0 Å². The molecule has 0 aromatic rings. The first-order valence-electron chi connectivity index (χ1n) is 8.97. The summed E-state index contributed by atoms with van der Waals surface area (Å²) < 4.78 is 0. The van der Waals surface area contributed by atoms with Crippen molar-refractivity contribution in [3.05, 3.63) is 0 Å². The van der Waals surface area contributed by atoms with Crippen molar-refractivity contribution < 1.29 is 4.79 Å². The van der Waals surface area contributed by atoms with Gasteiger partial charge in [0, 0.05) is 12.6 Å². The van der Waals surface area contributed by atoms with Crippen LogP contribution in [0.3, 0.4) is 0 Å². The molecule has 0 spiro atoms. The van der Waals surface area contributed by atoms with Crippen LogP contribution >= 0.6 is 0 Å². The first-order chi connectivity index (χ1) is 10.2. The van der Waals surface area contributed by atoms with Crippen molar-refractivity contribution in [2.24, 2.45) is 5.92 Å². The molecule has 0 radical (unpaired) electrons. The average molecular weight is 295 g/mol. The lowest BCUT2D eigenvalue weighted by Gasteiger charge is -2.38. The minimum absolute atomic E-state index is 0.367. The largest absolute Gasteiger partial charge is 0.339 e. The van der Waals surface area contributed by atoms with E-state index in [2.05, 4.69) is 29.0 Å². The number of carbonyl (C=O) groups is 1. The Morgan fingerprint density at radius 1 is 1.10 bits per heavy atom. The second-order valence-electron chi connectivity index (χ2n) is 6.67. The summed E-state index contributed by atoms with van der Waals surface area (Å²) in [7, 11) is 0. The molecule has 2 rings (SSSR count). The monoisotopic (exact) mass is 295 g/mol. The van der Waals surface area contributed by atoms with Gasteiger partial charge < -0.3 is 10.2 Å². The highest BCUT2D eigenvalue weighted by atomic mass is 16.2. The molecule has 4 heteroatoms. The minimum atomic E-state index is 0.367. The number of hydrogen-bond donors (Lipinski definition) is 1. The molecule has 0 aromatic carbocycles. The molecular formula is C17H33N3O. The second kappa shape index (κ2) is 8.74. The van der Waals surface area contributed by atoms with Gasteiger partial charge in [-0.3, -0.25) is 9.69 Å². The van der Waals surface area contributed by atoms with Crippen molar-refractivity contribution in [1.82, 2.24) is 15.1 Å². The maximum absolute atomic E-state index is 12.6. The Labute approximate surface area is 130 Å². The van der Waals surface area contributed by atoms with E-state index in [4.69, 9.17) is 0 Å². The first-order valence-corrected chi connectivity index (χ1v) is 8.97. The fourth-order valence-electron chi connectivity index (χ4n) is 3.73. The lowest BCUT2D eigenvalue weighted by atomic mass is 9.96. The topological polar surface area (TPSA) is 35.6 Å². The zero-order chi connectivity index (χ0) is 15.1. The van der Waals surface area contributed by atoms with Crippen LogP contribution < -0.4 is 5.32 Å². The Bertz CT molecular complexity index is 313. The van der Waals surface area contributed by atoms with Gasteiger partial charge in [0.25, 0.3) is 0 Å². The van der Waals surface area contributed by atoms with Crippen molar-refractivity contribution in [2.75, 3.05) is 39.3 Å². The molecule has 0 bridgehead atoms. The summed E-state index contributed by atoms with van der Waals surface area (Å²) in [5.41, 5.74) is 0. The van der Waals surface area contributed by atoms with Crippen LogP contribution in [0, 0.1) is 5.92 Å². The Balaban J connectivity index is 1.73. The van der Waals surface area contributed by atoms with Crippen molar-refractivity contribution >= 4 is 5.91 Å². The number of carbonyl (C=O) groups excluding carboxylic acids is 1. The minimum Gasteiger partial charge on any atom is -0.339 e. The van der Waals surface area contributed by atoms with E-state index < -0.39 is 0 Å². The highest BCUT2D eigenvalue weighted by Crippen LogP contribution is 2.21. The summed E-state index contributed by atoms with van der Waals surface area (Å²) in [6.45, 7) is 10.4. The van der Waals surface area contributed by atoms with Crippen LogP contribution in [0.1, 0.15) is 52.4 Å². The van der Waals surface area contributed by atoms with Crippen LogP contribution in [0.25, 0.3) is 0 Å². The maximum Gasteiger partial charge on any atom is 0.236 e. The number of piperidine rings is 2. The van der Waals surface area contributed by atoms with E-state index in [-0.39, 0.29) is 0 Å². The number of amides is 1. The highest BCUT2D eigenvalue weighted by molar-refractivity contribution is 5.78. The standard InChI is InChI=1S/C17H33N3O/c1-3-16-7-5-6-10-20(16)17(21)14-19-11-8-15(9-12-19)13-18-4-2/h15-16,18H,3-14H2,1-2H3. The van der Waals surface area contributed by atoms with Crippen LogP contribution in [0.4, 0.5) is 0 Å². The molecular weight excluding hydrogens is 262 g/mol. The van der Waals surface area contributed by atoms with Crippen molar-refractivity contribution in [3.63, 3.8) is 0 Å². The smallest absolute Gasteiger partial charge is 0.236 e. The van der Waals surface area contributed by atoms with Gasteiger partial charge in [0.2, 0.25) is 5.91 Å². The van der Waals surface area contributed by atoms with E-state index >= 15 is 0 Å². The summed E-state index contributed by atoms with van der Waals surface area (Å²) >= 11 is 0. The number of nitrogens with zero attached hydrogens (tertiary/aromatic N) is 2. The molecule has 21 heavy (non-hydrogen) atoms. The number of likely N-dealkylation sites (tertiary alicyclic amines) is 2. The van der Waals surface area contributed by atoms with Gasteiger partial charge in [-0.05, 0) is 70.6 Å². The molecule has 4 nitrogen and oxygen atoms in total. The molecule has 122 valence electrons. The third kappa shape index (κ3) is 4.96. The maximum atomic E-state index is 12.6. The Kier molecular flexibility index (Phi) is 6.97. The number of rotatable bonds is 6. The molecule has 2 saturated heterocycles. The van der Waals surface area contributed by atoms with Crippen molar-refractivity contribution in [1.29, 1.82) is 0 Å². The van der Waals surface area contributed by atoms with Gasteiger partial charge in [0.15, 0.2) is 0 Å². The Morgan fingerprint density at radius 2 is 1.86 bits per heavy atom. The molecule has 2 fully saturated rings. The predicted octanol–water partition coefficient (Wildman–Crippen LogP) is 2.10. The van der Waals surface area contributed by atoms with E-state index in [1.165, 1.54) is 32.1 Å². The molecule has 2 heterocycles. The van der Waals surface area contributed by atoms with Crippen LogP contribution in [-0.4, -0.2) is 61.0 Å². The van der Waals surface area contributed by atoms with Gasteiger partial charge in [0.1, 0.15) is 0 Å². The molecule has 0 aromatic heterocycles. The van der Waals surface area contributed by atoms with Crippen molar-refractivity contribution in [2.45, 2.75) is 58.4 Å². The van der Waals surface area contributed by atoms with E-state index in [1.54, 1.807) is 0 Å². The lowest BCUT2D eigenvalue weighted by Crippen LogP contribution is -2.49. The van der Waals surface area contributed by atoms with Gasteiger partial charge in [-0.25, -0.2) is 0 Å². The summed E-state index contributed by atoms with van der Waals surface area (Å²) in [4.78, 5) is 17.1. The molecule has 0 aliphatic carbocycles. The quantitative estimate of drug-likeness (QED) is 0.815. The zero-order valence-electron chi connectivity index (χ0n) is 13.9. The van der Waals surface area contributed by atoms with Crippen LogP contribution in [-0.2, 0) is 4.79 Å². The van der Waals surface area contributed by atoms with Gasteiger partial charge in [-0.1, -0.05) is 13.8 Å². The van der Waals surface area contributed by atoms with E-state index in [9.17, 15) is 4.79 Å². The molecule has 0 saturated carbocycles. The molecule has 1 atom stereocenters. The molecule has 1 N–H and O–H groups in total. The van der Waals surface area contributed by atoms with Crippen LogP contribution in [0.2, 0.25) is 0 Å². The normalized spacial score (nSPS) is 25.2. The first kappa shape index (κ1) is 16.8. The van der Waals surface area contributed by atoms with Crippen LogP contribution in [0.5, 0.6) is 0 Å². The van der Waals surface area contributed by atoms with Gasteiger partial charge in [-0.15, -0.1) is 0 Å². The average Bonchev–Trinajstić information content (AvgIpc) is 2.54. The molecule has 1 unspecified atom stereocenters. The zero-order valence-corrected chi connectivity index (χ0v) is 13.9. The second-order valence-corrected chi connectivity index (χ2v) is 6.67. The summed E-state index contributed by atoms with van der Waals surface area (Å²) in [6, 6.07) is 0.498. The van der Waals surface area contributed by atoms with E-state index in [0.717, 1.165) is 45.1 Å². The fourth-order valence-corrected chi connectivity index (χ4v) is 3.73. The third-order valence-corrected chi connectivity index (χ3v) is 5.17. The van der Waals surface area contributed by atoms with Gasteiger partial charge in [-0.2, -0.15) is 0 Å².